The molecule has 4 rings (SSSR count). The topological polar surface area (TPSA) is 6.48 Å². The molecule has 2 nitrogen and oxygen atoms in total. The van der Waals surface area contributed by atoms with Gasteiger partial charge in [0.15, 0.2) is 0 Å². The normalized spacial score (nSPS) is 26.0. The van der Waals surface area contributed by atoms with Gasteiger partial charge in [0.05, 0.1) is 6.42 Å². The molecule has 2 saturated heterocycles. The predicted molar refractivity (Wildman–Crippen MR) is 105 cm³/mol. The predicted octanol–water partition coefficient (Wildman–Crippen LogP) is 4.83. The van der Waals surface area contributed by atoms with Gasteiger partial charge in [-0.1, -0.05) is 48.5 Å². The fourth-order valence-corrected chi connectivity index (χ4v) is 5.19. The molecule has 2 fully saturated rings. The molecule has 0 N–H and O–H groups in total. The Morgan fingerprint density at radius 1 is 0.964 bits per heavy atom. The molecule has 2 aromatic rings. The lowest BCUT2D eigenvalue weighted by molar-refractivity contribution is -0.127. The van der Waals surface area contributed by atoms with Gasteiger partial charge in [0.2, 0.25) is 0 Å². The van der Waals surface area contributed by atoms with Crippen molar-refractivity contribution >= 4 is 0 Å². The molecule has 2 heterocycles. The third kappa shape index (κ3) is 4.11. The Labute approximate surface area is 165 Å². The minimum Gasteiger partial charge on any atom is -0.299 e. The van der Waals surface area contributed by atoms with Gasteiger partial charge in [0.1, 0.15) is 0 Å². The van der Waals surface area contributed by atoms with Gasteiger partial charge < -0.3 is 0 Å². The van der Waals surface area contributed by atoms with Crippen molar-refractivity contribution in [2.24, 2.45) is 11.8 Å². The van der Waals surface area contributed by atoms with Crippen molar-refractivity contribution < 1.29 is 13.2 Å². The number of hydrogen-bond acceptors (Lipinski definition) is 2. The van der Waals surface area contributed by atoms with Crippen molar-refractivity contribution in [2.75, 3.05) is 26.7 Å². The molecule has 28 heavy (non-hydrogen) atoms. The molecule has 2 aromatic carbocycles. The van der Waals surface area contributed by atoms with Crippen LogP contribution in [0.2, 0.25) is 0 Å². The number of benzene rings is 2. The summed E-state index contributed by atoms with van der Waals surface area (Å²) in [5, 5.41) is 0. The lowest BCUT2D eigenvalue weighted by atomic mass is 9.88. The van der Waals surface area contributed by atoms with E-state index in [4.69, 9.17) is 0 Å². The first-order chi connectivity index (χ1) is 13.3. The largest absolute Gasteiger partial charge is 0.393 e. The standard InChI is InChI=1S/C23H27F3N2/c1-16-6-3-4-9-20(16)22-21-15-28(14-19(21)13-27(22)2)12-18-8-5-7-17(10-18)11-23(24,25)26/h3-10,19,21-22H,11-15H2,1-2H3/t19-,21+,22-/m0/s1. The van der Waals surface area contributed by atoms with Gasteiger partial charge in [-0.3, -0.25) is 9.80 Å². The van der Waals surface area contributed by atoms with Crippen molar-refractivity contribution in [3.05, 3.63) is 70.8 Å². The first kappa shape index (κ1) is 19.5. The van der Waals surface area contributed by atoms with Gasteiger partial charge in [-0.25, -0.2) is 0 Å². The van der Waals surface area contributed by atoms with Crippen LogP contribution in [0.25, 0.3) is 0 Å². The molecule has 5 heteroatoms. The lowest BCUT2D eigenvalue weighted by Crippen LogP contribution is -2.29. The highest BCUT2D eigenvalue weighted by molar-refractivity contribution is 5.31. The first-order valence-electron chi connectivity index (χ1n) is 9.93. The summed E-state index contributed by atoms with van der Waals surface area (Å²) >= 11 is 0. The van der Waals surface area contributed by atoms with E-state index in [2.05, 4.69) is 48.0 Å². The number of fused-ring (bicyclic) bond motifs is 1. The maximum Gasteiger partial charge on any atom is 0.393 e. The van der Waals surface area contributed by atoms with E-state index in [0.29, 0.717) is 23.4 Å². The minimum absolute atomic E-state index is 0.349. The van der Waals surface area contributed by atoms with E-state index in [-0.39, 0.29) is 0 Å². The molecule has 0 bridgehead atoms. The van der Waals surface area contributed by atoms with Crippen LogP contribution in [0.15, 0.2) is 48.5 Å². The number of likely N-dealkylation sites (tertiary alicyclic amines) is 2. The summed E-state index contributed by atoms with van der Waals surface area (Å²) < 4.78 is 38.1. The Kier molecular flexibility index (Phi) is 5.23. The summed E-state index contributed by atoms with van der Waals surface area (Å²) in [6, 6.07) is 16.0. The summed E-state index contributed by atoms with van der Waals surface area (Å²) in [4.78, 5) is 4.89. The molecule has 2 aliphatic heterocycles. The molecule has 0 spiro atoms. The van der Waals surface area contributed by atoms with Crippen LogP contribution in [0.4, 0.5) is 13.2 Å². The molecule has 2 aliphatic rings. The third-order valence-corrected chi connectivity index (χ3v) is 6.28. The van der Waals surface area contributed by atoms with Gasteiger partial charge in [-0.05, 0) is 48.1 Å². The van der Waals surface area contributed by atoms with Gasteiger partial charge in [0, 0.05) is 32.2 Å². The summed E-state index contributed by atoms with van der Waals surface area (Å²) in [5.74, 6) is 1.19. The average molecular weight is 388 g/mol. The summed E-state index contributed by atoms with van der Waals surface area (Å²) in [6.45, 7) is 5.99. The number of halogens is 3. The second-order valence-electron chi connectivity index (χ2n) is 8.47. The van der Waals surface area contributed by atoms with Crippen molar-refractivity contribution in [1.29, 1.82) is 0 Å². The van der Waals surface area contributed by atoms with E-state index in [1.165, 1.54) is 11.1 Å². The Morgan fingerprint density at radius 3 is 2.46 bits per heavy atom. The second-order valence-corrected chi connectivity index (χ2v) is 8.47. The van der Waals surface area contributed by atoms with E-state index in [0.717, 1.165) is 31.7 Å². The van der Waals surface area contributed by atoms with Crippen LogP contribution in [0.5, 0.6) is 0 Å². The zero-order valence-electron chi connectivity index (χ0n) is 16.4. The second kappa shape index (κ2) is 7.53. The molecule has 0 aromatic heterocycles. The van der Waals surface area contributed by atoms with Crippen LogP contribution in [-0.2, 0) is 13.0 Å². The molecule has 3 atom stereocenters. The quantitative estimate of drug-likeness (QED) is 0.740. The zero-order chi connectivity index (χ0) is 19.9. The van der Waals surface area contributed by atoms with E-state index >= 15 is 0 Å². The van der Waals surface area contributed by atoms with E-state index in [1.54, 1.807) is 18.2 Å². The third-order valence-electron chi connectivity index (χ3n) is 6.28. The minimum atomic E-state index is -4.16. The van der Waals surface area contributed by atoms with E-state index in [1.807, 2.05) is 6.07 Å². The van der Waals surface area contributed by atoms with Crippen LogP contribution in [0.3, 0.4) is 0 Å². The number of hydrogen-bond donors (Lipinski definition) is 0. The Bertz CT molecular complexity index is 833. The summed E-state index contributed by atoms with van der Waals surface area (Å²) in [6.07, 6.45) is -5.01. The highest BCUT2D eigenvalue weighted by atomic mass is 19.4. The van der Waals surface area contributed by atoms with E-state index in [9.17, 15) is 13.2 Å². The highest BCUT2D eigenvalue weighted by Gasteiger charge is 2.46. The Hall–Kier alpha value is -1.85. The Morgan fingerprint density at radius 2 is 1.71 bits per heavy atom. The Balaban J connectivity index is 1.46. The van der Waals surface area contributed by atoms with Gasteiger partial charge >= 0.3 is 6.18 Å². The molecule has 0 unspecified atom stereocenters. The molecule has 0 saturated carbocycles. The molecule has 0 amide bonds. The summed E-state index contributed by atoms with van der Waals surface area (Å²) in [7, 11) is 2.21. The number of nitrogens with zero attached hydrogens (tertiary/aromatic N) is 2. The maximum atomic E-state index is 12.7. The molecule has 150 valence electrons. The van der Waals surface area contributed by atoms with Gasteiger partial charge in [-0.15, -0.1) is 0 Å². The van der Waals surface area contributed by atoms with E-state index < -0.39 is 12.6 Å². The van der Waals surface area contributed by atoms with Gasteiger partial charge in [-0.2, -0.15) is 13.2 Å². The van der Waals surface area contributed by atoms with Crippen molar-refractivity contribution in [2.45, 2.75) is 32.1 Å². The van der Waals surface area contributed by atoms with Gasteiger partial charge in [0.25, 0.3) is 0 Å². The molecule has 0 radical (unpaired) electrons. The van der Waals surface area contributed by atoms with Crippen molar-refractivity contribution in [3.8, 4) is 0 Å². The molecular formula is C23H27F3N2. The number of alkyl halides is 3. The maximum absolute atomic E-state index is 12.7. The van der Waals surface area contributed by atoms with Crippen LogP contribution in [0, 0.1) is 18.8 Å². The summed E-state index contributed by atoms with van der Waals surface area (Å²) in [5.41, 5.74) is 4.06. The van der Waals surface area contributed by atoms with Crippen LogP contribution in [0.1, 0.15) is 28.3 Å². The van der Waals surface area contributed by atoms with Crippen molar-refractivity contribution in [3.63, 3.8) is 0 Å². The fourth-order valence-electron chi connectivity index (χ4n) is 5.19. The number of rotatable bonds is 4. The molecular weight excluding hydrogens is 361 g/mol. The smallest absolute Gasteiger partial charge is 0.299 e. The first-order valence-corrected chi connectivity index (χ1v) is 9.93. The highest BCUT2D eigenvalue weighted by Crippen LogP contribution is 2.45. The van der Waals surface area contributed by atoms with Crippen LogP contribution < -0.4 is 0 Å². The average Bonchev–Trinajstić information content (AvgIpc) is 3.10. The number of aryl methyl sites for hydroxylation is 1. The van der Waals surface area contributed by atoms with Crippen molar-refractivity contribution in [1.82, 2.24) is 9.80 Å². The zero-order valence-corrected chi connectivity index (χ0v) is 16.4. The fraction of sp³-hybridized carbons (Fsp3) is 0.478. The monoisotopic (exact) mass is 388 g/mol. The molecule has 0 aliphatic carbocycles. The van der Waals surface area contributed by atoms with Crippen LogP contribution >= 0.6 is 0 Å². The van der Waals surface area contributed by atoms with Crippen LogP contribution in [-0.4, -0.2) is 42.7 Å². The lowest BCUT2D eigenvalue weighted by Gasteiger charge is -2.28. The SMILES string of the molecule is Cc1ccccc1[C@H]1[C@@H]2CN(Cc3cccc(CC(F)(F)F)c3)C[C@@H]2CN1C.